The lowest BCUT2D eigenvalue weighted by molar-refractivity contribution is -0.193. The summed E-state index contributed by atoms with van der Waals surface area (Å²) in [6, 6.07) is 11.5. The van der Waals surface area contributed by atoms with Gasteiger partial charge in [-0.15, -0.1) is 0 Å². The topological polar surface area (TPSA) is 134 Å². The highest BCUT2D eigenvalue weighted by atomic mass is 35.5. The lowest BCUT2D eigenvalue weighted by atomic mass is 10.1. The highest BCUT2D eigenvalue weighted by Gasteiger charge is 2.43. The summed E-state index contributed by atoms with van der Waals surface area (Å²) >= 11 is 12.2. The Morgan fingerprint density at radius 3 is 1.84 bits per heavy atom. The minimum absolute atomic E-state index is 0.174. The zero-order chi connectivity index (χ0) is 34.3. The largest absolute Gasteiger partial charge is 0.490 e. The molecule has 4 rings (SSSR count). The van der Waals surface area contributed by atoms with Crippen molar-refractivity contribution in [1.82, 2.24) is 19.7 Å². The van der Waals surface area contributed by atoms with Crippen molar-refractivity contribution < 1.29 is 64.1 Å². The number of nitrogens with one attached hydrogen (secondary N) is 1. The molecule has 242 valence electrons. The van der Waals surface area contributed by atoms with Crippen LogP contribution in [0.15, 0.2) is 67.0 Å². The maximum atomic E-state index is 13.6. The number of carbonyl (C=O) groups is 3. The predicted octanol–water partition coefficient (Wildman–Crippen LogP) is 7.00. The predicted molar refractivity (Wildman–Crippen MR) is 139 cm³/mol. The van der Waals surface area contributed by atoms with Crippen LogP contribution in [-0.2, 0) is 9.59 Å². The monoisotopic (exact) mass is 692 g/mol. The number of nitrogens with zero attached hydrogens (tertiary/aromatic N) is 3. The molecule has 45 heavy (non-hydrogen) atoms. The van der Waals surface area contributed by atoms with Crippen molar-refractivity contribution in [1.29, 1.82) is 0 Å². The van der Waals surface area contributed by atoms with Crippen LogP contribution in [0.25, 0.3) is 16.9 Å². The number of aromatic nitrogens is 3. The molecular formula is C25H15Cl2F9N4O5. The molecule has 0 aliphatic carbocycles. The van der Waals surface area contributed by atoms with E-state index in [0.29, 0.717) is 21.9 Å². The van der Waals surface area contributed by atoms with E-state index in [-0.39, 0.29) is 16.4 Å². The fourth-order valence-corrected chi connectivity index (χ4v) is 3.63. The Morgan fingerprint density at radius 2 is 1.38 bits per heavy atom. The molecule has 0 bridgehead atoms. The number of pyridine rings is 2. The van der Waals surface area contributed by atoms with Crippen LogP contribution in [0.2, 0.25) is 10.0 Å². The first-order valence-corrected chi connectivity index (χ1v) is 12.2. The van der Waals surface area contributed by atoms with E-state index in [0.717, 1.165) is 0 Å². The molecule has 20 heteroatoms. The summed E-state index contributed by atoms with van der Waals surface area (Å²) in [6.07, 6.45) is -12.0. The van der Waals surface area contributed by atoms with E-state index < -0.39 is 42.4 Å². The zero-order valence-corrected chi connectivity index (χ0v) is 23.1. The molecule has 0 aliphatic rings. The summed E-state index contributed by atoms with van der Waals surface area (Å²) in [7, 11) is 0. The SMILES string of the molecule is O=C(NC(c1ccccn1)C(F)(F)F)c1nc(-c2ccc(Cl)cc2Cl)n2ccccc12.O=C(O)C(F)(F)F.O=C(O)C(F)(F)F. The number of fused-ring (bicyclic) bond motifs is 1. The molecule has 4 aromatic rings. The molecule has 1 atom stereocenters. The van der Waals surface area contributed by atoms with Gasteiger partial charge in [0.15, 0.2) is 11.7 Å². The Hall–Kier alpha value is -4.58. The van der Waals surface area contributed by atoms with Crippen molar-refractivity contribution in [3.63, 3.8) is 0 Å². The van der Waals surface area contributed by atoms with Crippen LogP contribution in [0.4, 0.5) is 39.5 Å². The average molecular weight is 693 g/mol. The van der Waals surface area contributed by atoms with Gasteiger partial charge in [-0.05, 0) is 42.5 Å². The van der Waals surface area contributed by atoms with Gasteiger partial charge >= 0.3 is 30.5 Å². The molecule has 1 aromatic carbocycles. The van der Waals surface area contributed by atoms with Crippen LogP contribution >= 0.6 is 23.2 Å². The van der Waals surface area contributed by atoms with Gasteiger partial charge in [-0.25, -0.2) is 14.6 Å². The fraction of sp³-hybridized carbons (Fsp3) is 0.160. The molecule has 0 radical (unpaired) electrons. The highest BCUT2D eigenvalue weighted by Crippen LogP contribution is 2.34. The number of rotatable bonds is 4. The minimum atomic E-state index is -5.08. The molecule has 0 fully saturated rings. The first kappa shape index (κ1) is 36.6. The van der Waals surface area contributed by atoms with Crippen LogP contribution in [0.5, 0.6) is 0 Å². The number of benzene rings is 1. The summed E-state index contributed by atoms with van der Waals surface area (Å²) in [6.45, 7) is 0. The number of carbonyl (C=O) groups excluding carboxylic acids is 1. The van der Waals surface area contributed by atoms with E-state index >= 15 is 0 Å². The number of carboxylic acid groups (broad SMARTS) is 2. The minimum Gasteiger partial charge on any atom is -0.475 e. The molecule has 1 amide bonds. The molecule has 1 unspecified atom stereocenters. The maximum Gasteiger partial charge on any atom is 0.490 e. The molecule has 0 aliphatic heterocycles. The Kier molecular flexibility index (Phi) is 11.8. The quantitative estimate of drug-likeness (QED) is 0.196. The van der Waals surface area contributed by atoms with E-state index in [9.17, 15) is 44.3 Å². The van der Waals surface area contributed by atoms with Gasteiger partial charge in [-0.1, -0.05) is 35.3 Å². The number of hydrogen-bond acceptors (Lipinski definition) is 5. The summed E-state index contributed by atoms with van der Waals surface area (Å²) < 4.78 is 106. The van der Waals surface area contributed by atoms with Crippen LogP contribution in [0, 0.1) is 0 Å². The molecule has 3 heterocycles. The number of carboxylic acids is 2. The molecular weight excluding hydrogens is 678 g/mol. The van der Waals surface area contributed by atoms with E-state index in [4.69, 9.17) is 43.0 Å². The Morgan fingerprint density at radius 1 is 0.822 bits per heavy atom. The van der Waals surface area contributed by atoms with Crippen molar-refractivity contribution >= 4 is 46.6 Å². The third-order valence-electron chi connectivity index (χ3n) is 5.01. The van der Waals surface area contributed by atoms with Crippen LogP contribution in [-0.4, -0.2) is 61.0 Å². The lowest BCUT2D eigenvalue weighted by Crippen LogP contribution is -2.38. The van der Waals surface area contributed by atoms with E-state index in [1.165, 1.54) is 30.5 Å². The molecule has 9 nitrogen and oxygen atoms in total. The Balaban J connectivity index is 0.000000421. The molecule has 3 aromatic heterocycles. The average Bonchev–Trinajstić information content (AvgIpc) is 3.31. The second-order valence-electron chi connectivity index (χ2n) is 8.17. The lowest BCUT2D eigenvalue weighted by Gasteiger charge is -2.20. The number of aliphatic carboxylic acids is 2. The summed E-state index contributed by atoms with van der Waals surface area (Å²) in [5.74, 6) is -6.21. The number of imidazole rings is 1. The third-order valence-corrected chi connectivity index (χ3v) is 5.55. The van der Waals surface area contributed by atoms with Crippen molar-refractivity contribution in [3.8, 4) is 11.4 Å². The fourth-order valence-electron chi connectivity index (χ4n) is 3.14. The molecule has 0 spiro atoms. The van der Waals surface area contributed by atoms with Gasteiger partial charge in [0.2, 0.25) is 0 Å². The van der Waals surface area contributed by atoms with Gasteiger partial charge in [-0.2, -0.15) is 39.5 Å². The van der Waals surface area contributed by atoms with Gasteiger partial charge in [-0.3, -0.25) is 14.2 Å². The smallest absolute Gasteiger partial charge is 0.475 e. The van der Waals surface area contributed by atoms with Gasteiger partial charge in [0, 0.05) is 23.0 Å². The zero-order valence-electron chi connectivity index (χ0n) is 21.5. The highest BCUT2D eigenvalue weighted by molar-refractivity contribution is 6.36. The standard InChI is InChI=1S/C21H13Cl2F3N4O.2C2HF3O2/c22-12-7-8-13(14(23)11-12)19-28-17(16-6-2-4-10-30(16)19)20(31)29-18(21(24,25)26)15-5-1-3-9-27-15;2*3-2(4,5)1(6)7/h1-11,18H,(H,29,31);2*(H,6,7). The first-order valence-electron chi connectivity index (χ1n) is 11.5. The van der Waals surface area contributed by atoms with Crippen LogP contribution < -0.4 is 5.32 Å². The number of alkyl halides is 9. The van der Waals surface area contributed by atoms with Gasteiger partial charge < -0.3 is 15.5 Å². The summed E-state index contributed by atoms with van der Waals surface area (Å²) in [5.41, 5.74) is 0.297. The van der Waals surface area contributed by atoms with Gasteiger partial charge in [0.05, 0.1) is 16.2 Å². The first-order chi connectivity index (χ1) is 20.6. The normalized spacial score (nSPS) is 12.2. The van der Waals surface area contributed by atoms with E-state index in [2.05, 4.69) is 9.97 Å². The van der Waals surface area contributed by atoms with Crippen molar-refractivity contribution in [3.05, 3.63) is 88.4 Å². The van der Waals surface area contributed by atoms with Crippen LogP contribution in [0.3, 0.4) is 0 Å². The molecule has 0 saturated carbocycles. The maximum absolute atomic E-state index is 13.6. The van der Waals surface area contributed by atoms with Gasteiger partial charge in [0.1, 0.15) is 5.82 Å². The molecule has 0 saturated heterocycles. The van der Waals surface area contributed by atoms with Gasteiger partial charge in [0.25, 0.3) is 5.91 Å². The van der Waals surface area contributed by atoms with E-state index in [1.807, 2.05) is 5.32 Å². The van der Waals surface area contributed by atoms with Crippen molar-refractivity contribution in [2.75, 3.05) is 0 Å². The van der Waals surface area contributed by atoms with Crippen molar-refractivity contribution in [2.24, 2.45) is 0 Å². The van der Waals surface area contributed by atoms with E-state index in [1.54, 1.807) is 40.9 Å². The number of hydrogen-bond donors (Lipinski definition) is 3. The summed E-state index contributed by atoms with van der Waals surface area (Å²) in [5, 5.41) is 17.0. The second kappa shape index (κ2) is 14.5. The Bertz CT molecular complexity index is 1640. The third kappa shape index (κ3) is 10.2. The van der Waals surface area contributed by atoms with Crippen LogP contribution in [0.1, 0.15) is 22.2 Å². The number of amides is 1. The molecule has 3 N–H and O–H groups in total. The Labute approximate surface area is 254 Å². The summed E-state index contributed by atoms with van der Waals surface area (Å²) in [4.78, 5) is 38.7. The van der Waals surface area contributed by atoms with Crippen molar-refractivity contribution in [2.45, 2.75) is 24.6 Å². The number of halogens is 11. The second-order valence-corrected chi connectivity index (χ2v) is 9.02.